The van der Waals surface area contributed by atoms with Gasteiger partial charge >= 0.3 is 0 Å². The Hall–Kier alpha value is -3.35. The lowest BCUT2D eigenvalue weighted by molar-refractivity contribution is 0.102. The molecule has 7 heteroatoms. The molecule has 24 heavy (non-hydrogen) atoms. The second-order valence-electron chi connectivity index (χ2n) is 4.90. The van der Waals surface area contributed by atoms with Crippen LogP contribution in [0.1, 0.15) is 10.4 Å². The van der Waals surface area contributed by atoms with Crippen LogP contribution in [-0.4, -0.2) is 35.3 Å². The number of anilines is 1. The number of hydrogen-bond donors (Lipinski definition) is 2. The number of hydrogen-bond acceptors (Lipinski definition) is 5. The molecule has 122 valence electrons. The fourth-order valence-electron chi connectivity index (χ4n) is 2.19. The summed E-state index contributed by atoms with van der Waals surface area (Å²) >= 11 is 0. The van der Waals surface area contributed by atoms with E-state index in [2.05, 4.69) is 20.5 Å². The number of methoxy groups -OCH3 is 2. The first-order chi connectivity index (χ1) is 11.7. The van der Waals surface area contributed by atoms with Gasteiger partial charge in [0.2, 0.25) is 5.95 Å². The zero-order chi connectivity index (χ0) is 16.9. The van der Waals surface area contributed by atoms with Gasteiger partial charge in [-0.05, 0) is 18.2 Å². The summed E-state index contributed by atoms with van der Waals surface area (Å²) in [5.41, 5.74) is 1.30. The molecule has 0 aliphatic rings. The molecule has 2 aromatic carbocycles. The van der Waals surface area contributed by atoms with E-state index in [1.54, 1.807) is 18.2 Å². The quantitative estimate of drug-likeness (QED) is 0.753. The maximum atomic E-state index is 12.3. The number of H-pyrrole nitrogens is 1. The first kappa shape index (κ1) is 15.5. The molecule has 0 spiro atoms. The fraction of sp³-hybridized carbons (Fsp3) is 0.118. The highest BCUT2D eigenvalue weighted by Crippen LogP contribution is 2.27. The summed E-state index contributed by atoms with van der Waals surface area (Å²) in [7, 11) is 3.05. The number of carbonyl (C=O) groups is 1. The normalized spacial score (nSPS) is 10.2. The topological polar surface area (TPSA) is 89.1 Å². The van der Waals surface area contributed by atoms with E-state index >= 15 is 0 Å². The third-order valence-electron chi connectivity index (χ3n) is 3.40. The second-order valence-corrected chi connectivity index (χ2v) is 4.90. The lowest BCUT2D eigenvalue weighted by Crippen LogP contribution is -2.13. The molecule has 0 aliphatic heterocycles. The van der Waals surface area contributed by atoms with E-state index in [9.17, 15) is 4.79 Å². The second kappa shape index (κ2) is 6.82. The van der Waals surface area contributed by atoms with Gasteiger partial charge < -0.3 is 9.47 Å². The van der Waals surface area contributed by atoms with Gasteiger partial charge in [-0.25, -0.2) is 0 Å². The van der Waals surface area contributed by atoms with E-state index in [1.807, 2.05) is 30.3 Å². The van der Waals surface area contributed by atoms with Crippen LogP contribution in [0.3, 0.4) is 0 Å². The fourth-order valence-corrected chi connectivity index (χ4v) is 2.19. The Bertz CT molecular complexity index is 846. The summed E-state index contributed by atoms with van der Waals surface area (Å²) in [5, 5.41) is 9.46. The molecule has 3 rings (SSSR count). The van der Waals surface area contributed by atoms with Crippen LogP contribution < -0.4 is 14.8 Å². The van der Waals surface area contributed by atoms with Crippen LogP contribution in [0.25, 0.3) is 11.4 Å². The van der Waals surface area contributed by atoms with E-state index in [-0.39, 0.29) is 11.9 Å². The lowest BCUT2D eigenvalue weighted by Gasteiger charge is -2.08. The summed E-state index contributed by atoms with van der Waals surface area (Å²) in [6, 6.07) is 14.4. The molecule has 7 nitrogen and oxygen atoms in total. The van der Waals surface area contributed by atoms with Crippen molar-refractivity contribution in [2.45, 2.75) is 0 Å². The number of rotatable bonds is 5. The molecule has 0 unspecified atom stereocenters. The predicted molar refractivity (Wildman–Crippen MR) is 89.3 cm³/mol. The van der Waals surface area contributed by atoms with Gasteiger partial charge in [-0.15, -0.1) is 5.10 Å². The molecular weight excluding hydrogens is 308 g/mol. The SMILES string of the molecule is COc1ccc(C(=O)Nc2n[nH]c(-c3ccccc3)n2)cc1OC. The lowest BCUT2D eigenvalue weighted by atomic mass is 10.2. The van der Waals surface area contributed by atoms with Gasteiger partial charge in [-0.3, -0.25) is 15.2 Å². The minimum absolute atomic E-state index is 0.202. The Morgan fingerprint density at radius 1 is 1.04 bits per heavy atom. The van der Waals surface area contributed by atoms with E-state index in [0.29, 0.717) is 22.9 Å². The van der Waals surface area contributed by atoms with E-state index in [0.717, 1.165) is 5.56 Å². The summed E-state index contributed by atoms with van der Waals surface area (Å²) in [6.07, 6.45) is 0. The number of aromatic amines is 1. The van der Waals surface area contributed by atoms with Gasteiger partial charge in [0.15, 0.2) is 17.3 Å². The highest BCUT2D eigenvalue weighted by molar-refractivity contribution is 6.03. The zero-order valence-electron chi connectivity index (χ0n) is 13.2. The molecule has 0 atom stereocenters. The smallest absolute Gasteiger partial charge is 0.258 e. The predicted octanol–water partition coefficient (Wildman–Crippen LogP) is 2.74. The van der Waals surface area contributed by atoms with Crippen molar-refractivity contribution in [3.05, 3.63) is 54.1 Å². The average molecular weight is 324 g/mol. The van der Waals surface area contributed by atoms with Gasteiger partial charge in [0.25, 0.3) is 5.91 Å². The van der Waals surface area contributed by atoms with Crippen molar-refractivity contribution in [3.8, 4) is 22.9 Å². The van der Waals surface area contributed by atoms with Crippen molar-refractivity contribution in [1.29, 1.82) is 0 Å². The third kappa shape index (κ3) is 3.19. The Morgan fingerprint density at radius 3 is 2.50 bits per heavy atom. The summed E-state index contributed by atoms with van der Waals surface area (Å²) in [5.74, 6) is 1.48. The Labute approximate surface area is 138 Å². The molecule has 0 aliphatic carbocycles. The minimum Gasteiger partial charge on any atom is -0.493 e. The van der Waals surface area contributed by atoms with E-state index < -0.39 is 0 Å². The summed E-state index contributed by atoms with van der Waals surface area (Å²) < 4.78 is 10.4. The number of nitrogens with zero attached hydrogens (tertiary/aromatic N) is 2. The van der Waals surface area contributed by atoms with Crippen LogP contribution in [0, 0.1) is 0 Å². The zero-order valence-corrected chi connectivity index (χ0v) is 13.2. The van der Waals surface area contributed by atoms with E-state index in [4.69, 9.17) is 9.47 Å². The van der Waals surface area contributed by atoms with Crippen molar-refractivity contribution >= 4 is 11.9 Å². The molecule has 3 aromatic rings. The third-order valence-corrected chi connectivity index (χ3v) is 3.40. The number of ether oxygens (including phenoxy) is 2. The van der Waals surface area contributed by atoms with Crippen molar-refractivity contribution in [2.24, 2.45) is 0 Å². The number of nitrogens with one attached hydrogen (secondary N) is 2. The van der Waals surface area contributed by atoms with E-state index in [1.165, 1.54) is 14.2 Å². The van der Waals surface area contributed by atoms with Crippen molar-refractivity contribution in [1.82, 2.24) is 15.2 Å². The van der Waals surface area contributed by atoms with Crippen LogP contribution in [0.4, 0.5) is 5.95 Å². The molecular formula is C17H16N4O3. The van der Waals surface area contributed by atoms with Crippen molar-refractivity contribution < 1.29 is 14.3 Å². The Morgan fingerprint density at radius 2 is 1.79 bits per heavy atom. The molecule has 1 amide bonds. The van der Waals surface area contributed by atoms with Crippen LogP contribution in [0.5, 0.6) is 11.5 Å². The molecule has 1 heterocycles. The van der Waals surface area contributed by atoms with Crippen LogP contribution in [0.2, 0.25) is 0 Å². The first-order valence-corrected chi connectivity index (χ1v) is 7.22. The monoisotopic (exact) mass is 324 g/mol. The highest BCUT2D eigenvalue weighted by atomic mass is 16.5. The molecule has 0 saturated carbocycles. The van der Waals surface area contributed by atoms with Crippen molar-refractivity contribution in [2.75, 3.05) is 19.5 Å². The molecule has 1 aromatic heterocycles. The molecule has 0 saturated heterocycles. The van der Waals surface area contributed by atoms with Gasteiger partial charge in [-0.2, -0.15) is 4.98 Å². The largest absolute Gasteiger partial charge is 0.493 e. The number of aromatic nitrogens is 3. The van der Waals surface area contributed by atoms with Gasteiger partial charge in [0, 0.05) is 11.1 Å². The van der Waals surface area contributed by atoms with Gasteiger partial charge in [-0.1, -0.05) is 30.3 Å². The van der Waals surface area contributed by atoms with Gasteiger partial charge in [0.05, 0.1) is 14.2 Å². The maximum Gasteiger partial charge on any atom is 0.258 e. The molecule has 2 N–H and O–H groups in total. The average Bonchev–Trinajstić information content (AvgIpc) is 3.10. The molecule has 0 bridgehead atoms. The molecule has 0 radical (unpaired) electrons. The Balaban J connectivity index is 1.77. The van der Waals surface area contributed by atoms with Crippen LogP contribution >= 0.6 is 0 Å². The Kier molecular flexibility index (Phi) is 4.42. The number of amides is 1. The van der Waals surface area contributed by atoms with Gasteiger partial charge in [0.1, 0.15) is 0 Å². The van der Waals surface area contributed by atoms with Crippen molar-refractivity contribution in [3.63, 3.8) is 0 Å². The summed E-state index contributed by atoms with van der Waals surface area (Å²) in [4.78, 5) is 16.6. The maximum absolute atomic E-state index is 12.3. The van der Waals surface area contributed by atoms with Crippen LogP contribution in [0.15, 0.2) is 48.5 Å². The number of carbonyl (C=O) groups excluding carboxylic acids is 1. The molecule has 0 fully saturated rings. The van der Waals surface area contributed by atoms with Crippen LogP contribution in [-0.2, 0) is 0 Å². The number of benzene rings is 2. The summed E-state index contributed by atoms with van der Waals surface area (Å²) in [6.45, 7) is 0. The minimum atomic E-state index is -0.338. The highest BCUT2D eigenvalue weighted by Gasteiger charge is 2.13. The first-order valence-electron chi connectivity index (χ1n) is 7.22. The standard InChI is InChI=1S/C17H16N4O3/c1-23-13-9-8-12(10-14(13)24-2)16(22)19-17-18-15(20-21-17)11-6-4-3-5-7-11/h3-10H,1-2H3,(H2,18,19,20,21,22).